The minimum atomic E-state index is -0.949. The summed E-state index contributed by atoms with van der Waals surface area (Å²) in [5.41, 5.74) is 2.02. The van der Waals surface area contributed by atoms with Gasteiger partial charge in [0, 0.05) is 18.8 Å². The number of hydrogen-bond donors (Lipinski definition) is 2. The van der Waals surface area contributed by atoms with Gasteiger partial charge in [0.15, 0.2) is 0 Å². The fourth-order valence-corrected chi connectivity index (χ4v) is 5.02. The Bertz CT molecular complexity index is 813. The summed E-state index contributed by atoms with van der Waals surface area (Å²) in [6, 6.07) is -0.648. The van der Waals surface area contributed by atoms with Gasteiger partial charge in [-0.3, -0.25) is 9.36 Å². The molecule has 0 spiro atoms. The Morgan fingerprint density at radius 1 is 1.44 bits per heavy atom. The summed E-state index contributed by atoms with van der Waals surface area (Å²) in [4.78, 5) is 25.6. The normalized spacial score (nSPS) is 19.4. The lowest BCUT2D eigenvalue weighted by atomic mass is 9.95. The van der Waals surface area contributed by atoms with E-state index in [1.54, 1.807) is 16.7 Å². The highest BCUT2D eigenvalue weighted by Crippen LogP contribution is 2.49. The van der Waals surface area contributed by atoms with Crippen LogP contribution in [-0.2, 0) is 16.1 Å². The molecule has 0 radical (unpaired) electrons. The lowest BCUT2D eigenvalue weighted by molar-refractivity contribution is -0.143. The number of nitrogens with zero attached hydrogens (tertiary/aromatic N) is 1. The molecule has 1 unspecified atom stereocenters. The predicted octanol–water partition coefficient (Wildman–Crippen LogP) is 2.43. The van der Waals surface area contributed by atoms with Crippen molar-refractivity contribution in [2.75, 3.05) is 19.4 Å². The molecule has 1 aliphatic carbocycles. The maximum absolute atomic E-state index is 13.4. The summed E-state index contributed by atoms with van der Waals surface area (Å²) >= 11 is 1.53. The molecule has 6 nitrogen and oxygen atoms in total. The largest absolute Gasteiger partial charge is 0.467 e. The number of nitrogens with one attached hydrogen (secondary N) is 1. The van der Waals surface area contributed by atoms with Crippen molar-refractivity contribution >= 4 is 17.7 Å². The molecule has 0 saturated heterocycles. The van der Waals surface area contributed by atoms with E-state index in [0.717, 1.165) is 29.0 Å². The minimum absolute atomic E-state index is 0.281. The highest BCUT2D eigenvalue weighted by atomic mass is 32.2. The average molecular weight is 391 g/mol. The van der Waals surface area contributed by atoms with Gasteiger partial charge in [0.05, 0.1) is 23.8 Å². The van der Waals surface area contributed by atoms with Gasteiger partial charge >= 0.3 is 5.97 Å². The van der Waals surface area contributed by atoms with Crippen LogP contribution in [0.1, 0.15) is 54.0 Å². The van der Waals surface area contributed by atoms with Crippen molar-refractivity contribution in [3.8, 4) is 0 Å². The molecule has 1 saturated carbocycles. The lowest BCUT2D eigenvalue weighted by Crippen LogP contribution is -2.35. The van der Waals surface area contributed by atoms with Crippen molar-refractivity contribution < 1.29 is 14.6 Å². The van der Waals surface area contributed by atoms with Crippen LogP contribution in [0, 0.1) is 0 Å². The SMILES string of the molecule is C=CCNCc1c(C2CC2)c2n(c(=O)c1C(O)CC=C)[C@H](C(=O)OC)CS2. The number of rotatable bonds is 9. The van der Waals surface area contributed by atoms with Crippen molar-refractivity contribution in [1.82, 2.24) is 9.88 Å². The first kappa shape index (κ1) is 19.9. The van der Waals surface area contributed by atoms with Crippen molar-refractivity contribution in [3.05, 3.63) is 52.4 Å². The summed E-state index contributed by atoms with van der Waals surface area (Å²) in [5.74, 6) is 0.417. The first-order valence-electron chi connectivity index (χ1n) is 9.17. The van der Waals surface area contributed by atoms with Crippen LogP contribution in [0.3, 0.4) is 0 Å². The van der Waals surface area contributed by atoms with E-state index in [9.17, 15) is 14.7 Å². The van der Waals surface area contributed by atoms with Gasteiger partial charge in [0.1, 0.15) is 6.04 Å². The van der Waals surface area contributed by atoms with Crippen LogP contribution in [0.25, 0.3) is 0 Å². The van der Waals surface area contributed by atoms with Gasteiger partial charge in [-0.05, 0) is 36.3 Å². The quantitative estimate of drug-likeness (QED) is 0.383. The van der Waals surface area contributed by atoms with E-state index in [0.29, 0.717) is 30.3 Å². The van der Waals surface area contributed by atoms with Crippen molar-refractivity contribution in [1.29, 1.82) is 0 Å². The van der Waals surface area contributed by atoms with E-state index in [4.69, 9.17) is 4.74 Å². The molecule has 7 heteroatoms. The standard InChI is InChI=1S/C20H26N2O4S/c1-4-6-15(23)17-13(10-21-9-5-2)16(12-7-8-12)19-22(18(17)24)14(11-27-19)20(25)26-3/h4-5,12,14-15,21,23H,1-2,6-11H2,3H3/t14-,15?/m0/s1. The second-order valence-corrected chi connectivity index (χ2v) is 7.88. The van der Waals surface area contributed by atoms with Crippen LogP contribution in [0.4, 0.5) is 0 Å². The average Bonchev–Trinajstić information content (AvgIpc) is 3.39. The van der Waals surface area contributed by atoms with Gasteiger partial charge in [0.2, 0.25) is 0 Å². The first-order valence-corrected chi connectivity index (χ1v) is 10.2. The molecule has 2 atom stereocenters. The Hall–Kier alpha value is -1.83. The number of carbonyl (C=O) groups is 1. The third-order valence-corrected chi connectivity index (χ3v) is 6.18. The Balaban J connectivity index is 2.21. The van der Waals surface area contributed by atoms with E-state index >= 15 is 0 Å². The second-order valence-electron chi connectivity index (χ2n) is 6.87. The van der Waals surface area contributed by atoms with E-state index in [1.807, 2.05) is 0 Å². The number of pyridine rings is 1. The van der Waals surface area contributed by atoms with Gasteiger partial charge in [-0.15, -0.1) is 24.9 Å². The number of methoxy groups -OCH3 is 1. The molecule has 1 aliphatic heterocycles. The number of hydrogen-bond acceptors (Lipinski definition) is 6. The second kappa shape index (κ2) is 8.46. The van der Waals surface area contributed by atoms with Crippen LogP contribution < -0.4 is 10.9 Å². The van der Waals surface area contributed by atoms with Gasteiger partial charge in [-0.2, -0.15) is 0 Å². The highest BCUT2D eigenvalue weighted by Gasteiger charge is 2.40. The van der Waals surface area contributed by atoms with E-state index < -0.39 is 18.1 Å². The number of thioether (sulfide) groups is 1. The van der Waals surface area contributed by atoms with Crippen LogP contribution in [0.15, 0.2) is 35.1 Å². The summed E-state index contributed by atoms with van der Waals surface area (Å²) < 4.78 is 6.45. The molecule has 1 aromatic rings. The van der Waals surface area contributed by atoms with Crippen molar-refractivity contribution in [2.45, 2.75) is 48.9 Å². The number of ether oxygens (including phenoxy) is 1. The third-order valence-electron chi connectivity index (χ3n) is 5.01. The number of carbonyl (C=O) groups excluding carboxylic acids is 1. The summed E-state index contributed by atoms with van der Waals surface area (Å²) in [7, 11) is 1.33. The number of aliphatic hydroxyl groups excluding tert-OH is 1. The van der Waals surface area contributed by atoms with Crippen LogP contribution in [0.5, 0.6) is 0 Å². The maximum atomic E-state index is 13.4. The highest BCUT2D eigenvalue weighted by molar-refractivity contribution is 7.99. The molecule has 2 heterocycles. The zero-order valence-corrected chi connectivity index (χ0v) is 16.4. The predicted molar refractivity (Wildman–Crippen MR) is 106 cm³/mol. The number of esters is 1. The molecule has 2 N–H and O–H groups in total. The van der Waals surface area contributed by atoms with E-state index in [1.165, 1.54) is 18.9 Å². The van der Waals surface area contributed by atoms with Crippen LogP contribution >= 0.6 is 11.8 Å². The number of fused-ring (bicyclic) bond motifs is 1. The Morgan fingerprint density at radius 3 is 2.78 bits per heavy atom. The topological polar surface area (TPSA) is 80.6 Å². The maximum Gasteiger partial charge on any atom is 0.329 e. The summed E-state index contributed by atoms with van der Waals surface area (Å²) in [6.45, 7) is 8.49. The summed E-state index contributed by atoms with van der Waals surface area (Å²) in [5, 5.41) is 14.8. The van der Waals surface area contributed by atoms with Crippen molar-refractivity contribution in [2.24, 2.45) is 0 Å². The smallest absolute Gasteiger partial charge is 0.329 e. The Labute approximate surface area is 163 Å². The Kier molecular flexibility index (Phi) is 6.24. The zero-order chi connectivity index (χ0) is 19.6. The van der Waals surface area contributed by atoms with Crippen LogP contribution in [-0.4, -0.2) is 35.1 Å². The third kappa shape index (κ3) is 3.77. The molecule has 27 heavy (non-hydrogen) atoms. The molecular weight excluding hydrogens is 364 g/mol. The van der Waals surface area contributed by atoms with Gasteiger partial charge in [-0.25, -0.2) is 4.79 Å². The molecular formula is C20H26N2O4S. The molecule has 0 amide bonds. The zero-order valence-electron chi connectivity index (χ0n) is 15.6. The van der Waals surface area contributed by atoms with E-state index in [-0.39, 0.29) is 12.0 Å². The molecule has 146 valence electrons. The lowest BCUT2D eigenvalue weighted by Gasteiger charge is -2.23. The van der Waals surface area contributed by atoms with Crippen molar-refractivity contribution in [3.63, 3.8) is 0 Å². The van der Waals surface area contributed by atoms with Crippen LogP contribution in [0.2, 0.25) is 0 Å². The number of aliphatic hydroxyl groups is 1. The minimum Gasteiger partial charge on any atom is -0.467 e. The monoisotopic (exact) mass is 390 g/mol. The summed E-state index contributed by atoms with van der Waals surface area (Å²) in [6.07, 6.45) is 4.81. The molecule has 1 fully saturated rings. The number of aromatic nitrogens is 1. The molecule has 0 aromatic carbocycles. The molecule has 0 bridgehead atoms. The molecule has 3 rings (SSSR count). The van der Waals surface area contributed by atoms with E-state index in [2.05, 4.69) is 18.5 Å². The van der Waals surface area contributed by atoms with Gasteiger partial charge < -0.3 is 15.2 Å². The Morgan fingerprint density at radius 2 is 2.19 bits per heavy atom. The van der Waals surface area contributed by atoms with Gasteiger partial charge in [0.25, 0.3) is 5.56 Å². The molecule has 1 aromatic heterocycles. The molecule has 2 aliphatic rings. The fourth-order valence-electron chi connectivity index (χ4n) is 3.63. The van der Waals surface area contributed by atoms with Gasteiger partial charge in [-0.1, -0.05) is 12.2 Å². The fraction of sp³-hybridized carbons (Fsp3) is 0.500. The first-order chi connectivity index (χ1) is 13.0.